The average molecular weight is 313 g/mol. The summed E-state index contributed by atoms with van der Waals surface area (Å²) in [4.78, 5) is 20.5. The molecular formula is C17H19N3OS. The van der Waals surface area contributed by atoms with Crippen molar-refractivity contribution in [2.24, 2.45) is 0 Å². The highest BCUT2D eigenvalue weighted by molar-refractivity contribution is 7.71. The van der Waals surface area contributed by atoms with E-state index in [1.54, 1.807) is 0 Å². The van der Waals surface area contributed by atoms with Gasteiger partial charge in [-0.05, 0) is 49.7 Å². The van der Waals surface area contributed by atoms with Crippen LogP contribution >= 0.6 is 12.2 Å². The van der Waals surface area contributed by atoms with Crippen LogP contribution in [0.5, 0.6) is 0 Å². The van der Waals surface area contributed by atoms with Crippen molar-refractivity contribution in [1.29, 1.82) is 0 Å². The Hall–Kier alpha value is -1.72. The normalized spacial score (nSPS) is 24.0. The van der Waals surface area contributed by atoms with Crippen LogP contribution < -0.4 is 5.56 Å². The topological polar surface area (TPSA) is 51.9 Å². The van der Waals surface area contributed by atoms with E-state index in [-0.39, 0.29) is 11.1 Å². The SMILES string of the molecule is CN1Cc2c([nH]c(=S)[nH]c2=O)CC12CCCc1ccccc12. The Kier molecular flexibility index (Phi) is 3.09. The van der Waals surface area contributed by atoms with E-state index in [2.05, 4.69) is 46.2 Å². The minimum atomic E-state index is -0.0513. The summed E-state index contributed by atoms with van der Waals surface area (Å²) in [6, 6.07) is 8.72. The fourth-order valence-electron chi connectivity index (χ4n) is 4.17. The summed E-state index contributed by atoms with van der Waals surface area (Å²) in [7, 11) is 2.13. The third kappa shape index (κ3) is 1.92. The smallest absolute Gasteiger partial charge is 0.256 e. The number of benzene rings is 1. The lowest BCUT2D eigenvalue weighted by atomic mass is 9.71. The number of rotatable bonds is 0. The van der Waals surface area contributed by atoms with Crippen molar-refractivity contribution in [1.82, 2.24) is 14.9 Å². The standard InChI is InChI=1S/C17H19N3OS/c1-20-10-12-14(18-16(22)19-15(12)21)9-17(20)8-4-6-11-5-2-3-7-13(11)17/h2-3,5,7H,4,6,8-10H2,1H3,(H2,18,19,21,22). The molecule has 4 rings (SSSR count). The third-order valence-corrected chi connectivity index (χ3v) is 5.48. The van der Waals surface area contributed by atoms with Gasteiger partial charge in [0.05, 0.1) is 11.1 Å². The van der Waals surface area contributed by atoms with Gasteiger partial charge >= 0.3 is 0 Å². The van der Waals surface area contributed by atoms with Gasteiger partial charge in [0.15, 0.2) is 4.77 Å². The maximum absolute atomic E-state index is 12.2. The molecule has 0 bridgehead atoms. The number of aromatic nitrogens is 2. The Labute approximate surface area is 134 Å². The van der Waals surface area contributed by atoms with Gasteiger partial charge in [-0.3, -0.25) is 14.7 Å². The molecule has 2 N–H and O–H groups in total. The van der Waals surface area contributed by atoms with Gasteiger partial charge in [-0.25, -0.2) is 0 Å². The van der Waals surface area contributed by atoms with Gasteiger partial charge in [-0.2, -0.15) is 0 Å². The van der Waals surface area contributed by atoms with Crippen LogP contribution in [0.3, 0.4) is 0 Å². The van der Waals surface area contributed by atoms with Gasteiger partial charge in [0.2, 0.25) is 0 Å². The van der Waals surface area contributed by atoms with E-state index in [1.807, 2.05) is 0 Å². The third-order valence-electron chi connectivity index (χ3n) is 5.28. The molecular weight excluding hydrogens is 294 g/mol. The van der Waals surface area contributed by atoms with Crippen molar-refractivity contribution in [2.75, 3.05) is 7.05 Å². The lowest BCUT2D eigenvalue weighted by molar-refractivity contribution is 0.0722. The van der Waals surface area contributed by atoms with Crippen LogP contribution in [0.2, 0.25) is 0 Å². The van der Waals surface area contributed by atoms with Crippen LogP contribution in [-0.4, -0.2) is 21.9 Å². The number of aromatic amines is 2. The second-order valence-corrected chi connectivity index (χ2v) is 6.85. The van der Waals surface area contributed by atoms with E-state index in [1.165, 1.54) is 17.5 Å². The molecule has 0 amide bonds. The van der Waals surface area contributed by atoms with Gasteiger partial charge < -0.3 is 4.98 Å². The van der Waals surface area contributed by atoms with E-state index in [0.717, 1.165) is 30.5 Å². The zero-order chi connectivity index (χ0) is 15.3. The largest absolute Gasteiger partial charge is 0.335 e. The lowest BCUT2D eigenvalue weighted by Crippen LogP contribution is -2.51. The van der Waals surface area contributed by atoms with Crippen LogP contribution in [0, 0.1) is 4.77 Å². The van der Waals surface area contributed by atoms with Gasteiger partial charge in [-0.15, -0.1) is 0 Å². The summed E-state index contributed by atoms with van der Waals surface area (Å²) in [6.07, 6.45) is 4.27. The van der Waals surface area contributed by atoms with Crippen LogP contribution in [0.1, 0.15) is 35.2 Å². The molecule has 1 unspecified atom stereocenters. The molecule has 114 valence electrons. The monoisotopic (exact) mass is 313 g/mol. The molecule has 22 heavy (non-hydrogen) atoms. The number of hydrogen-bond donors (Lipinski definition) is 2. The molecule has 1 aromatic heterocycles. The summed E-state index contributed by atoms with van der Waals surface area (Å²) in [6.45, 7) is 0.658. The first-order valence-corrected chi connectivity index (χ1v) is 8.15. The maximum Gasteiger partial charge on any atom is 0.256 e. The molecule has 1 aromatic carbocycles. The summed E-state index contributed by atoms with van der Waals surface area (Å²) < 4.78 is 0.424. The first-order chi connectivity index (χ1) is 10.6. The number of aryl methyl sites for hydroxylation is 1. The summed E-state index contributed by atoms with van der Waals surface area (Å²) in [5.41, 5.74) is 4.60. The summed E-state index contributed by atoms with van der Waals surface area (Å²) >= 11 is 5.16. The molecule has 0 fully saturated rings. The molecule has 2 aromatic rings. The fraction of sp³-hybridized carbons (Fsp3) is 0.412. The van der Waals surface area contributed by atoms with E-state index in [0.29, 0.717) is 11.3 Å². The zero-order valence-electron chi connectivity index (χ0n) is 12.6. The molecule has 0 saturated carbocycles. The second kappa shape index (κ2) is 4.89. The molecule has 1 aliphatic carbocycles. The minimum absolute atomic E-state index is 0.0199. The van der Waals surface area contributed by atoms with Crippen molar-refractivity contribution in [3.8, 4) is 0 Å². The molecule has 4 nitrogen and oxygen atoms in total. The van der Waals surface area contributed by atoms with Crippen molar-refractivity contribution >= 4 is 12.2 Å². The molecule has 2 heterocycles. The first kappa shape index (κ1) is 13.9. The Morgan fingerprint density at radius 1 is 1.27 bits per heavy atom. The molecule has 1 spiro atoms. The van der Waals surface area contributed by atoms with Gasteiger partial charge in [0.1, 0.15) is 0 Å². The zero-order valence-corrected chi connectivity index (χ0v) is 13.4. The van der Waals surface area contributed by atoms with Crippen molar-refractivity contribution in [3.63, 3.8) is 0 Å². The summed E-state index contributed by atoms with van der Waals surface area (Å²) in [5, 5.41) is 0. The van der Waals surface area contributed by atoms with Gasteiger partial charge in [-0.1, -0.05) is 24.3 Å². The van der Waals surface area contributed by atoms with Gasteiger partial charge in [0, 0.05) is 18.7 Å². The number of nitrogens with one attached hydrogen (secondary N) is 2. The Morgan fingerprint density at radius 3 is 2.95 bits per heavy atom. The van der Waals surface area contributed by atoms with E-state index >= 15 is 0 Å². The number of H-pyrrole nitrogens is 2. The molecule has 0 saturated heterocycles. The predicted molar refractivity (Wildman–Crippen MR) is 88.5 cm³/mol. The van der Waals surface area contributed by atoms with E-state index in [4.69, 9.17) is 12.2 Å². The molecule has 0 radical (unpaired) electrons. The second-order valence-electron chi connectivity index (χ2n) is 6.44. The highest BCUT2D eigenvalue weighted by Crippen LogP contribution is 2.44. The highest BCUT2D eigenvalue weighted by Gasteiger charge is 2.43. The van der Waals surface area contributed by atoms with Crippen LogP contribution in [0.4, 0.5) is 0 Å². The van der Waals surface area contributed by atoms with Crippen molar-refractivity contribution in [3.05, 3.63) is 61.8 Å². The molecule has 1 aliphatic heterocycles. The van der Waals surface area contributed by atoms with Crippen molar-refractivity contribution in [2.45, 2.75) is 37.8 Å². The predicted octanol–water partition coefficient (Wildman–Crippen LogP) is 2.65. The van der Waals surface area contributed by atoms with Crippen LogP contribution in [-0.2, 0) is 24.9 Å². The molecule has 1 atom stereocenters. The highest BCUT2D eigenvalue weighted by atomic mass is 32.1. The molecule has 5 heteroatoms. The maximum atomic E-state index is 12.2. The number of fused-ring (bicyclic) bond motifs is 3. The number of hydrogen-bond acceptors (Lipinski definition) is 3. The van der Waals surface area contributed by atoms with E-state index < -0.39 is 0 Å². The number of nitrogens with zero attached hydrogens (tertiary/aromatic N) is 1. The average Bonchev–Trinajstić information content (AvgIpc) is 2.50. The molecule has 2 aliphatic rings. The summed E-state index contributed by atoms with van der Waals surface area (Å²) in [5.74, 6) is 0. The Bertz CT molecular complexity index is 853. The quantitative estimate of drug-likeness (QED) is 0.735. The lowest BCUT2D eigenvalue weighted by Gasteiger charge is -2.49. The van der Waals surface area contributed by atoms with Crippen LogP contribution in [0.15, 0.2) is 29.1 Å². The first-order valence-electron chi connectivity index (χ1n) is 7.74. The van der Waals surface area contributed by atoms with Gasteiger partial charge in [0.25, 0.3) is 5.56 Å². The minimum Gasteiger partial charge on any atom is -0.335 e. The van der Waals surface area contributed by atoms with Crippen molar-refractivity contribution < 1.29 is 0 Å². The Balaban J connectivity index is 1.91. The Morgan fingerprint density at radius 2 is 2.09 bits per heavy atom. The van der Waals surface area contributed by atoms with E-state index in [9.17, 15) is 4.79 Å². The number of likely N-dealkylation sites (N-methyl/N-ethyl adjacent to an activating group) is 1. The van der Waals surface area contributed by atoms with Crippen LogP contribution in [0.25, 0.3) is 0 Å². The fourth-order valence-corrected chi connectivity index (χ4v) is 4.39.